The SMILES string of the molecule is C[C@@H](OC(=O)Cc1ccccc1F)C(=O)C12CC3CC(CC(C3)C1)C2. The molecule has 1 aromatic carbocycles. The maximum absolute atomic E-state index is 13.7. The quantitative estimate of drug-likeness (QED) is 0.756. The van der Waals surface area contributed by atoms with Gasteiger partial charge in [0.1, 0.15) is 5.82 Å². The smallest absolute Gasteiger partial charge is 0.311 e. The van der Waals surface area contributed by atoms with Crippen molar-refractivity contribution in [3.8, 4) is 0 Å². The molecule has 4 aliphatic rings. The Labute approximate surface area is 147 Å². The summed E-state index contributed by atoms with van der Waals surface area (Å²) in [5, 5.41) is 0. The van der Waals surface area contributed by atoms with Gasteiger partial charge in [-0.25, -0.2) is 4.39 Å². The number of ketones is 1. The minimum Gasteiger partial charge on any atom is -0.454 e. The molecule has 25 heavy (non-hydrogen) atoms. The van der Waals surface area contributed by atoms with Crippen LogP contribution in [0.1, 0.15) is 51.0 Å². The maximum atomic E-state index is 13.7. The van der Waals surface area contributed by atoms with Crippen LogP contribution in [0.5, 0.6) is 0 Å². The van der Waals surface area contributed by atoms with Gasteiger partial charge in [-0.1, -0.05) is 18.2 Å². The van der Waals surface area contributed by atoms with Crippen LogP contribution in [0.3, 0.4) is 0 Å². The lowest BCUT2D eigenvalue weighted by molar-refractivity contribution is -0.164. The Morgan fingerprint density at radius 2 is 1.68 bits per heavy atom. The van der Waals surface area contributed by atoms with Crippen molar-refractivity contribution in [2.45, 2.75) is 58.0 Å². The molecule has 0 aromatic heterocycles. The lowest BCUT2D eigenvalue weighted by Gasteiger charge is -2.56. The zero-order chi connectivity index (χ0) is 17.6. The molecule has 0 amide bonds. The molecule has 1 aromatic rings. The van der Waals surface area contributed by atoms with Crippen LogP contribution in [-0.4, -0.2) is 17.9 Å². The van der Waals surface area contributed by atoms with Gasteiger partial charge in [-0.3, -0.25) is 9.59 Å². The second-order valence-corrected chi connectivity index (χ2v) is 8.46. The van der Waals surface area contributed by atoms with Gasteiger partial charge >= 0.3 is 5.97 Å². The standard InChI is InChI=1S/C21H25FO3/c1-13(25-19(23)9-17-4-2-3-5-18(17)22)20(24)21-10-14-6-15(11-21)8-16(7-14)12-21/h2-5,13-16H,6-12H2,1H3/t13-,14?,15?,16?,21?/m1/s1. The summed E-state index contributed by atoms with van der Waals surface area (Å²) in [6.45, 7) is 1.68. The molecule has 4 saturated carbocycles. The number of carbonyl (C=O) groups is 2. The van der Waals surface area contributed by atoms with Crippen molar-refractivity contribution in [3.63, 3.8) is 0 Å². The first-order valence-electron chi connectivity index (χ1n) is 9.42. The Kier molecular flexibility index (Phi) is 4.17. The molecule has 0 N–H and O–H groups in total. The Morgan fingerprint density at radius 3 is 2.24 bits per heavy atom. The molecule has 4 bridgehead atoms. The van der Waals surface area contributed by atoms with E-state index in [1.54, 1.807) is 25.1 Å². The molecule has 0 saturated heterocycles. The van der Waals surface area contributed by atoms with E-state index in [2.05, 4.69) is 0 Å². The van der Waals surface area contributed by atoms with E-state index in [4.69, 9.17) is 4.74 Å². The zero-order valence-corrected chi connectivity index (χ0v) is 14.7. The average Bonchev–Trinajstić information content (AvgIpc) is 2.55. The van der Waals surface area contributed by atoms with E-state index in [1.165, 1.54) is 25.3 Å². The number of benzene rings is 1. The Hall–Kier alpha value is -1.71. The summed E-state index contributed by atoms with van der Waals surface area (Å²) < 4.78 is 19.1. The van der Waals surface area contributed by atoms with Crippen molar-refractivity contribution >= 4 is 11.8 Å². The first-order chi connectivity index (χ1) is 11.9. The van der Waals surface area contributed by atoms with Crippen LogP contribution >= 0.6 is 0 Å². The Balaban J connectivity index is 1.41. The summed E-state index contributed by atoms with van der Waals surface area (Å²) in [5.74, 6) is 1.17. The van der Waals surface area contributed by atoms with Gasteiger partial charge in [0.15, 0.2) is 11.9 Å². The number of halogens is 1. The van der Waals surface area contributed by atoms with Crippen LogP contribution in [0.25, 0.3) is 0 Å². The summed E-state index contributed by atoms with van der Waals surface area (Å²) in [4.78, 5) is 25.3. The summed E-state index contributed by atoms with van der Waals surface area (Å²) in [6.07, 6.45) is 5.84. The maximum Gasteiger partial charge on any atom is 0.311 e. The van der Waals surface area contributed by atoms with Gasteiger partial charge in [-0.05, 0) is 74.8 Å². The van der Waals surface area contributed by atoms with Gasteiger partial charge < -0.3 is 4.74 Å². The molecule has 0 heterocycles. The van der Waals surface area contributed by atoms with Crippen molar-refractivity contribution < 1.29 is 18.7 Å². The first-order valence-corrected chi connectivity index (χ1v) is 9.42. The van der Waals surface area contributed by atoms with Gasteiger partial charge in [0, 0.05) is 5.41 Å². The highest BCUT2D eigenvalue weighted by Crippen LogP contribution is 2.60. The van der Waals surface area contributed by atoms with Gasteiger partial charge in [-0.15, -0.1) is 0 Å². The topological polar surface area (TPSA) is 43.4 Å². The molecule has 0 radical (unpaired) electrons. The highest BCUT2D eigenvalue weighted by molar-refractivity contribution is 5.91. The number of esters is 1. The van der Waals surface area contributed by atoms with E-state index >= 15 is 0 Å². The summed E-state index contributed by atoms with van der Waals surface area (Å²) in [6, 6.07) is 6.17. The monoisotopic (exact) mass is 344 g/mol. The van der Waals surface area contributed by atoms with Crippen LogP contribution in [0.15, 0.2) is 24.3 Å². The third-order valence-electron chi connectivity index (χ3n) is 6.53. The van der Waals surface area contributed by atoms with Gasteiger partial charge in [0.05, 0.1) is 6.42 Å². The third-order valence-corrected chi connectivity index (χ3v) is 6.53. The molecule has 0 aliphatic heterocycles. The largest absolute Gasteiger partial charge is 0.454 e. The Morgan fingerprint density at radius 1 is 1.12 bits per heavy atom. The number of Topliss-reactive ketones (excluding diaryl/α,β-unsaturated/α-hetero) is 1. The van der Waals surface area contributed by atoms with Crippen molar-refractivity contribution in [2.24, 2.45) is 23.2 Å². The molecule has 0 unspecified atom stereocenters. The second kappa shape index (κ2) is 6.22. The van der Waals surface area contributed by atoms with Crippen LogP contribution in [-0.2, 0) is 20.7 Å². The van der Waals surface area contributed by atoms with Crippen LogP contribution < -0.4 is 0 Å². The lowest BCUT2D eigenvalue weighted by Crippen LogP contribution is -2.52. The van der Waals surface area contributed by atoms with Crippen molar-refractivity contribution in [2.75, 3.05) is 0 Å². The molecule has 5 rings (SSSR count). The van der Waals surface area contributed by atoms with Gasteiger partial charge in [0.2, 0.25) is 0 Å². The zero-order valence-electron chi connectivity index (χ0n) is 14.7. The number of hydrogen-bond acceptors (Lipinski definition) is 3. The fourth-order valence-electron chi connectivity index (χ4n) is 5.93. The molecule has 0 spiro atoms. The summed E-state index contributed by atoms with van der Waals surface area (Å²) in [7, 11) is 0. The number of ether oxygens (including phenoxy) is 1. The predicted octanol–water partition coefficient (Wildman–Crippen LogP) is 4.09. The molecule has 3 nitrogen and oxygen atoms in total. The molecule has 134 valence electrons. The Bertz CT molecular complexity index is 661. The lowest BCUT2D eigenvalue weighted by atomic mass is 9.48. The number of rotatable bonds is 5. The first kappa shape index (κ1) is 16.7. The minimum absolute atomic E-state index is 0.0912. The molecular weight excluding hydrogens is 319 g/mol. The van der Waals surface area contributed by atoms with E-state index in [0.29, 0.717) is 23.3 Å². The van der Waals surface area contributed by atoms with Crippen LogP contribution in [0, 0.1) is 29.0 Å². The number of hydrogen-bond donors (Lipinski definition) is 0. The summed E-state index contributed by atoms with van der Waals surface area (Å²) >= 11 is 0. The second-order valence-electron chi connectivity index (χ2n) is 8.46. The highest BCUT2D eigenvalue weighted by Gasteiger charge is 2.55. The highest BCUT2D eigenvalue weighted by atomic mass is 19.1. The van der Waals surface area contributed by atoms with Crippen molar-refractivity contribution in [1.29, 1.82) is 0 Å². The third kappa shape index (κ3) is 3.11. The fourth-order valence-corrected chi connectivity index (χ4v) is 5.93. The van der Waals surface area contributed by atoms with E-state index in [-0.39, 0.29) is 17.6 Å². The normalized spacial score (nSPS) is 33.9. The minimum atomic E-state index is -0.740. The number of carbonyl (C=O) groups excluding carboxylic acids is 2. The van der Waals surface area contributed by atoms with Crippen molar-refractivity contribution in [3.05, 3.63) is 35.6 Å². The molecular formula is C21H25FO3. The van der Waals surface area contributed by atoms with Gasteiger partial charge in [-0.2, -0.15) is 0 Å². The molecule has 4 heteroatoms. The predicted molar refractivity (Wildman–Crippen MR) is 91.3 cm³/mol. The van der Waals surface area contributed by atoms with Crippen LogP contribution in [0.2, 0.25) is 0 Å². The van der Waals surface area contributed by atoms with Crippen LogP contribution in [0.4, 0.5) is 4.39 Å². The molecule has 1 atom stereocenters. The molecule has 4 aliphatic carbocycles. The summed E-state index contributed by atoms with van der Waals surface area (Å²) in [5.41, 5.74) is 0.0360. The van der Waals surface area contributed by atoms with E-state index in [0.717, 1.165) is 19.3 Å². The molecule has 4 fully saturated rings. The average molecular weight is 344 g/mol. The van der Waals surface area contributed by atoms with Gasteiger partial charge in [0.25, 0.3) is 0 Å². The van der Waals surface area contributed by atoms with Crippen molar-refractivity contribution in [1.82, 2.24) is 0 Å². The van der Waals surface area contributed by atoms with E-state index < -0.39 is 17.9 Å². The fraction of sp³-hybridized carbons (Fsp3) is 0.619. The van der Waals surface area contributed by atoms with E-state index in [1.807, 2.05) is 0 Å². The van der Waals surface area contributed by atoms with E-state index in [9.17, 15) is 14.0 Å².